The number of benzene rings is 1. The van der Waals surface area contributed by atoms with Crippen LogP contribution in [0.3, 0.4) is 0 Å². The van der Waals surface area contributed by atoms with Crippen LogP contribution in [-0.4, -0.2) is 23.9 Å². The van der Waals surface area contributed by atoms with Crippen LogP contribution in [0.25, 0.3) is 0 Å². The molecular weight excluding hydrogens is 304 g/mol. The van der Waals surface area contributed by atoms with E-state index in [0.29, 0.717) is 12.5 Å². The van der Waals surface area contributed by atoms with E-state index >= 15 is 0 Å². The van der Waals surface area contributed by atoms with Gasteiger partial charge >= 0.3 is 0 Å². The molecule has 3 rings (SSSR count). The maximum absolute atomic E-state index is 12.6. The molecule has 0 saturated carbocycles. The summed E-state index contributed by atoms with van der Waals surface area (Å²) < 4.78 is 0. The Morgan fingerprint density at radius 2 is 2.09 bits per heavy atom. The van der Waals surface area contributed by atoms with Crippen molar-refractivity contribution in [2.75, 3.05) is 18.4 Å². The number of rotatable bonds is 5. The second-order valence-corrected chi connectivity index (χ2v) is 7.37. The van der Waals surface area contributed by atoms with Crippen LogP contribution in [0.5, 0.6) is 0 Å². The zero-order valence-electron chi connectivity index (χ0n) is 13.8. The Kier molecular flexibility index (Phi) is 5.01. The third-order valence-electron chi connectivity index (χ3n) is 4.47. The average Bonchev–Trinajstić information content (AvgIpc) is 3.23. The number of carbonyl (C=O) groups excluding carboxylic acids is 1. The molecule has 1 amide bonds. The lowest BCUT2D eigenvalue weighted by molar-refractivity contribution is -0.130. The van der Waals surface area contributed by atoms with E-state index in [4.69, 9.17) is 0 Å². The SMILES string of the molecule is CC(C)c1ccc(NCC(=O)N2CCCC2c2cccs2)cc1. The fraction of sp³-hybridized carbons (Fsp3) is 0.421. The molecular formula is C19H24N2OS. The molecule has 0 radical (unpaired) electrons. The van der Waals surface area contributed by atoms with Crippen molar-refractivity contribution in [3.05, 3.63) is 52.2 Å². The van der Waals surface area contributed by atoms with E-state index in [-0.39, 0.29) is 11.9 Å². The van der Waals surface area contributed by atoms with Gasteiger partial charge in [0, 0.05) is 17.1 Å². The topological polar surface area (TPSA) is 32.3 Å². The molecule has 122 valence electrons. The van der Waals surface area contributed by atoms with E-state index < -0.39 is 0 Å². The van der Waals surface area contributed by atoms with Crippen molar-refractivity contribution in [1.29, 1.82) is 0 Å². The molecule has 2 aromatic rings. The fourth-order valence-electron chi connectivity index (χ4n) is 3.11. The molecule has 4 heteroatoms. The van der Waals surface area contributed by atoms with Crippen molar-refractivity contribution in [3.8, 4) is 0 Å². The Hall–Kier alpha value is -1.81. The molecule has 2 heterocycles. The summed E-state index contributed by atoms with van der Waals surface area (Å²) in [6.07, 6.45) is 2.17. The number of hydrogen-bond donors (Lipinski definition) is 1. The monoisotopic (exact) mass is 328 g/mol. The summed E-state index contributed by atoms with van der Waals surface area (Å²) in [5, 5.41) is 5.35. The highest BCUT2D eigenvalue weighted by Gasteiger charge is 2.30. The molecule has 23 heavy (non-hydrogen) atoms. The van der Waals surface area contributed by atoms with Crippen LogP contribution in [0.4, 0.5) is 5.69 Å². The number of carbonyl (C=O) groups is 1. The van der Waals surface area contributed by atoms with Gasteiger partial charge in [0.1, 0.15) is 0 Å². The second-order valence-electron chi connectivity index (χ2n) is 6.39. The first kappa shape index (κ1) is 16.1. The minimum Gasteiger partial charge on any atom is -0.376 e. The summed E-state index contributed by atoms with van der Waals surface area (Å²) >= 11 is 1.75. The minimum absolute atomic E-state index is 0.189. The predicted molar refractivity (Wildman–Crippen MR) is 97.0 cm³/mol. The van der Waals surface area contributed by atoms with Crippen LogP contribution >= 0.6 is 11.3 Å². The maximum Gasteiger partial charge on any atom is 0.242 e. The Morgan fingerprint density at radius 1 is 1.30 bits per heavy atom. The summed E-state index contributed by atoms with van der Waals surface area (Å²) in [4.78, 5) is 15.9. The van der Waals surface area contributed by atoms with Crippen LogP contribution in [-0.2, 0) is 4.79 Å². The molecule has 1 unspecified atom stereocenters. The smallest absolute Gasteiger partial charge is 0.242 e. The number of hydrogen-bond acceptors (Lipinski definition) is 3. The van der Waals surface area contributed by atoms with Crippen LogP contribution in [0.1, 0.15) is 49.1 Å². The second kappa shape index (κ2) is 7.18. The Balaban J connectivity index is 1.58. The largest absolute Gasteiger partial charge is 0.376 e. The van der Waals surface area contributed by atoms with E-state index in [0.717, 1.165) is 25.1 Å². The van der Waals surface area contributed by atoms with E-state index in [2.05, 4.69) is 60.9 Å². The van der Waals surface area contributed by atoms with Crippen molar-refractivity contribution in [3.63, 3.8) is 0 Å². The molecule has 1 N–H and O–H groups in total. The summed E-state index contributed by atoms with van der Waals surface area (Å²) in [5.74, 6) is 0.718. The normalized spacial score (nSPS) is 17.7. The molecule has 1 aliphatic heterocycles. The molecule has 0 aliphatic carbocycles. The summed E-state index contributed by atoms with van der Waals surface area (Å²) in [6.45, 7) is 5.60. The Morgan fingerprint density at radius 3 is 2.74 bits per heavy atom. The van der Waals surface area contributed by atoms with Crippen molar-refractivity contribution < 1.29 is 4.79 Å². The van der Waals surface area contributed by atoms with Crippen LogP contribution in [0.15, 0.2) is 41.8 Å². The van der Waals surface area contributed by atoms with Crippen LogP contribution in [0, 0.1) is 0 Å². The van der Waals surface area contributed by atoms with Gasteiger partial charge < -0.3 is 10.2 Å². The van der Waals surface area contributed by atoms with E-state index in [1.807, 2.05) is 4.90 Å². The van der Waals surface area contributed by atoms with Gasteiger partial charge in [-0.05, 0) is 47.9 Å². The predicted octanol–water partition coefficient (Wildman–Crippen LogP) is 4.65. The van der Waals surface area contributed by atoms with Gasteiger partial charge in [-0.2, -0.15) is 0 Å². The molecule has 1 aromatic heterocycles. The summed E-state index contributed by atoms with van der Waals surface area (Å²) in [6, 6.07) is 12.8. The van der Waals surface area contributed by atoms with Gasteiger partial charge in [0.05, 0.1) is 12.6 Å². The lowest BCUT2D eigenvalue weighted by Crippen LogP contribution is -2.34. The maximum atomic E-state index is 12.6. The third-order valence-corrected chi connectivity index (χ3v) is 5.44. The van der Waals surface area contributed by atoms with Gasteiger partial charge in [0.25, 0.3) is 0 Å². The molecule has 0 spiro atoms. The summed E-state index contributed by atoms with van der Waals surface area (Å²) in [5.41, 5.74) is 2.33. The first-order valence-electron chi connectivity index (χ1n) is 8.32. The molecule has 1 saturated heterocycles. The molecule has 3 nitrogen and oxygen atoms in total. The molecule has 1 atom stereocenters. The Bertz CT molecular complexity index is 634. The third kappa shape index (κ3) is 3.75. The highest BCUT2D eigenvalue weighted by molar-refractivity contribution is 7.10. The number of thiophene rings is 1. The zero-order valence-corrected chi connectivity index (χ0v) is 14.6. The van der Waals surface area contributed by atoms with E-state index in [1.165, 1.54) is 10.4 Å². The lowest BCUT2D eigenvalue weighted by Gasteiger charge is -2.24. The average molecular weight is 328 g/mol. The van der Waals surface area contributed by atoms with Gasteiger partial charge in [-0.25, -0.2) is 0 Å². The van der Waals surface area contributed by atoms with Crippen molar-refractivity contribution >= 4 is 22.9 Å². The number of nitrogens with zero attached hydrogens (tertiary/aromatic N) is 1. The number of nitrogens with one attached hydrogen (secondary N) is 1. The van der Waals surface area contributed by atoms with E-state index in [1.54, 1.807) is 11.3 Å². The fourth-order valence-corrected chi connectivity index (χ4v) is 3.98. The van der Waals surface area contributed by atoms with Crippen LogP contribution < -0.4 is 5.32 Å². The highest BCUT2D eigenvalue weighted by atomic mass is 32.1. The van der Waals surface area contributed by atoms with Crippen molar-refractivity contribution in [1.82, 2.24) is 4.90 Å². The molecule has 1 fully saturated rings. The first-order chi connectivity index (χ1) is 11.1. The van der Waals surface area contributed by atoms with Crippen molar-refractivity contribution in [2.24, 2.45) is 0 Å². The number of likely N-dealkylation sites (tertiary alicyclic amines) is 1. The quantitative estimate of drug-likeness (QED) is 0.866. The summed E-state index contributed by atoms with van der Waals surface area (Å²) in [7, 11) is 0. The lowest BCUT2D eigenvalue weighted by atomic mass is 10.0. The van der Waals surface area contributed by atoms with Crippen LogP contribution in [0.2, 0.25) is 0 Å². The standard InChI is InChI=1S/C19H24N2OS/c1-14(2)15-7-9-16(10-8-15)20-13-19(22)21-11-3-5-17(21)18-6-4-12-23-18/h4,6-10,12,14,17,20H,3,5,11,13H2,1-2H3. The highest BCUT2D eigenvalue weighted by Crippen LogP contribution is 2.34. The van der Waals surface area contributed by atoms with Gasteiger partial charge in [0.15, 0.2) is 0 Å². The van der Waals surface area contributed by atoms with Gasteiger partial charge in [-0.3, -0.25) is 4.79 Å². The first-order valence-corrected chi connectivity index (χ1v) is 9.20. The zero-order chi connectivity index (χ0) is 16.2. The van der Waals surface area contributed by atoms with Gasteiger partial charge in [-0.15, -0.1) is 11.3 Å². The van der Waals surface area contributed by atoms with Gasteiger partial charge in [-0.1, -0.05) is 32.0 Å². The minimum atomic E-state index is 0.189. The van der Waals surface area contributed by atoms with E-state index in [9.17, 15) is 4.79 Å². The molecule has 1 aliphatic rings. The van der Waals surface area contributed by atoms with Crippen molar-refractivity contribution in [2.45, 2.75) is 38.6 Å². The number of amides is 1. The molecule has 0 bridgehead atoms. The number of anilines is 1. The van der Waals surface area contributed by atoms with Gasteiger partial charge in [0.2, 0.25) is 5.91 Å². The Labute approximate surface area is 142 Å². The molecule has 1 aromatic carbocycles.